The van der Waals surface area contributed by atoms with E-state index >= 15 is 0 Å². The fourth-order valence-electron chi connectivity index (χ4n) is 1.96. The Hall–Kier alpha value is -0.740. The van der Waals surface area contributed by atoms with E-state index in [4.69, 9.17) is 4.74 Å². The Bertz CT molecular complexity index is 380. The first-order chi connectivity index (χ1) is 7.66. The monoisotopic (exact) mass is 239 g/mol. The van der Waals surface area contributed by atoms with Gasteiger partial charge in [-0.3, -0.25) is 4.79 Å². The largest absolute Gasteiger partial charge is 0.381 e. The summed E-state index contributed by atoms with van der Waals surface area (Å²) in [4.78, 5) is 16.8. The highest BCUT2D eigenvalue weighted by Crippen LogP contribution is 2.31. The summed E-state index contributed by atoms with van der Waals surface area (Å²) in [6, 6.07) is 0. The summed E-state index contributed by atoms with van der Waals surface area (Å²) >= 11 is 1.71. The smallest absolute Gasteiger partial charge is 0.135 e. The molecule has 3 nitrogen and oxygen atoms in total. The number of hydrogen-bond donors (Lipinski definition) is 0. The van der Waals surface area contributed by atoms with Crippen molar-refractivity contribution in [1.29, 1.82) is 0 Å². The van der Waals surface area contributed by atoms with E-state index in [9.17, 15) is 4.79 Å². The van der Waals surface area contributed by atoms with Crippen LogP contribution in [0.1, 0.15) is 41.3 Å². The number of Topliss-reactive ketones (excluding diaryl/α,β-unsaturated/α-hetero) is 1. The predicted octanol–water partition coefficient (Wildman–Crippen LogP) is 2.48. The zero-order valence-corrected chi connectivity index (χ0v) is 10.6. The lowest BCUT2D eigenvalue weighted by atomic mass is 10.0. The lowest BCUT2D eigenvalue weighted by Gasteiger charge is -2.19. The number of rotatable bonds is 3. The van der Waals surface area contributed by atoms with Gasteiger partial charge < -0.3 is 4.74 Å². The van der Waals surface area contributed by atoms with E-state index in [1.165, 1.54) is 5.01 Å². The van der Waals surface area contributed by atoms with E-state index in [0.717, 1.165) is 36.6 Å². The quantitative estimate of drug-likeness (QED) is 0.813. The van der Waals surface area contributed by atoms with Gasteiger partial charge in [0, 0.05) is 30.4 Å². The summed E-state index contributed by atoms with van der Waals surface area (Å²) in [7, 11) is 0. The standard InChI is InChI=1S/C12H17NO2S/c1-8(14)7-11-9(2)13-12(16-11)10-3-5-15-6-4-10/h10H,3-7H2,1-2H3. The molecule has 1 aromatic rings. The van der Waals surface area contributed by atoms with Crippen molar-refractivity contribution in [3.63, 3.8) is 0 Å². The van der Waals surface area contributed by atoms with Crippen LogP contribution in [0.25, 0.3) is 0 Å². The molecule has 1 fully saturated rings. The second kappa shape index (κ2) is 5.06. The van der Waals surface area contributed by atoms with Gasteiger partial charge in [0.2, 0.25) is 0 Å². The minimum atomic E-state index is 0.213. The van der Waals surface area contributed by atoms with Crippen molar-refractivity contribution in [2.45, 2.75) is 39.0 Å². The van der Waals surface area contributed by atoms with E-state index in [1.807, 2.05) is 6.92 Å². The van der Waals surface area contributed by atoms with Crippen LogP contribution in [0.5, 0.6) is 0 Å². The first kappa shape index (κ1) is 11.7. The van der Waals surface area contributed by atoms with Crippen LogP contribution in [0, 0.1) is 6.92 Å². The maximum Gasteiger partial charge on any atom is 0.135 e. The Morgan fingerprint density at radius 1 is 1.50 bits per heavy atom. The molecule has 0 saturated carbocycles. The number of ether oxygens (including phenoxy) is 1. The van der Waals surface area contributed by atoms with Gasteiger partial charge >= 0.3 is 0 Å². The summed E-state index contributed by atoms with van der Waals surface area (Å²) in [5.74, 6) is 0.753. The van der Waals surface area contributed by atoms with Gasteiger partial charge in [-0.05, 0) is 26.7 Å². The third-order valence-corrected chi connectivity index (χ3v) is 4.21. The Morgan fingerprint density at radius 3 is 2.81 bits per heavy atom. The molecule has 0 radical (unpaired) electrons. The summed E-state index contributed by atoms with van der Waals surface area (Å²) in [5, 5.41) is 1.19. The summed E-state index contributed by atoms with van der Waals surface area (Å²) in [5.41, 5.74) is 1.03. The molecule has 0 aromatic carbocycles. The van der Waals surface area contributed by atoms with Crippen molar-refractivity contribution in [3.05, 3.63) is 15.6 Å². The summed E-state index contributed by atoms with van der Waals surface area (Å²) < 4.78 is 5.35. The molecular weight excluding hydrogens is 222 g/mol. The second-order valence-electron chi connectivity index (χ2n) is 4.33. The lowest BCUT2D eigenvalue weighted by molar-refractivity contribution is -0.116. The SMILES string of the molecule is CC(=O)Cc1sc(C2CCOCC2)nc1C. The van der Waals surface area contributed by atoms with Crippen molar-refractivity contribution in [2.24, 2.45) is 0 Å². The first-order valence-corrected chi connectivity index (χ1v) is 6.52. The van der Waals surface area contributed by atoms with Crippen molar-refractivity contribution >= 4 is 17.1 Å². The van der Waals surface area contributed by atoms with Gasteiger partial charge in [-0.25, -0.2) is 4.98 Å². The molecular formula is C12H17NO2S. The third-order valence-electron chi connectivity index (χ3n) is 2.89. The van der Waals surface area contributed by atoms with Gasteiger partial charge in [0.25, 0.3) is 0 Å². The molecule has 88 valence electrons. The van der Waals surface area contributed by atoms with Crippen LogP contribution in [0.3, 0.4) is 0 Å². The Labute approximate surface area is 99.8 Å². The second-order valence-corrected chi connectivity index (χ2v) is 5.44. The van der Waals surface area contributed by atoms with E-state index in [-0.39, 0.29) is 5.78 Å². The van der Waals surface area contributed by atoms with E-state index in [2.05, 4.69) is 4.98 Å². The minimum Gasteiger partial charge on any atom is -0.381 e. The summed E-state index contributed by atoms with van der Waals surface area (Å²) in [6.07, 6.45) is 2.66. The van der Waals surface area contributed by atoms with Gasteiger partial charge in [-0.2, -0.15) is 0 Å². The molecule has 0 N–H and O–H groups in total. The average molecular weight is 239 g/mol. The number of nitrogens with zero attached hydrogens (tertiary/aromatic N) is 1. The first-order valence-electron chi connectivity index (χ1n) is 5.70. The van der Waals surface area contributed by atoms with Crippen LogP contribution >= 0.6 is 11.3 Å². The molecule has 1 saturated heterocycles. The average Bonchev–Trinajstić information content (AvgIpc) is 2.61. The number of carbonyl (C=O) groups excluding carboxylic acids is 1. The molecule has 1 aliphatic rings. The molecule has 4 heteroatoms. The highest BCUT2D eigenvalue weighted by atomic mass is 32.1. The van der Waals surface area contributed by atoms with Gasteiger partial charge in [-0.15, -0.1) is 11.3 Å². The zero-order chi connectivity index (χ0) is 11.5. The Kier molecular flexibility index (Phi) is 3.71. The minimum absolute atomic E-state index is 0.213. The van der Waals surface area contributed by atoms with Gasteiger partial charge in [0.1, 0.15) is 5.78 Å². The van der Waals surface area contributed by atoms with Crippen molar-refractivity contribution in [2.75, 3.05) is 13.2 Å². The molecule has 2 heterocycles. The molecule has 0 amide bonds. The van der Waals surface area contributed by atoms with Gasteiger partial charge in [0.05, 0.1) is 10.7 Å². The molecule has 0 aliphatic carbocycles. The van der Waals surface area contributed by atoms with Crippen LogP contribution in [0.15, 0.2) is 0 Å². The van der Waals surface area contributed by atoms with Crippen LogP contribution < -0.4 is 0 Å². The highest BCUT2D eigenvalue weighted by molar-refractivity contribution is 7.12. The maximum absolute atomic E-state index is 11.1. The molecule has 1 aromatic heterocycles. The fraction of sp³-hybridized carbons (Fsp3) is 0.667. The van der Waals surface area contributed by atoms with E-state index in [0.29, 0.717) is 12.3 Å². The molecule has 0 spiro atoms. The molecule has 1 aliphatic heterocycles. The van der Waals surface area contributed by atoms with Gasteiger partial charge in [0.15, 0.2) is 0 Å². The lowest BCUT2D eigenvalue weighted by Crippen LogP contribution is -2.13. The zero-order valence-electron chi connectivity index (χ0n) is 9.78. The number of thiazole rings is 1. The predicted molar refractivity (Wildman–Crippen MR) is 64.0 cm³/mol. The summed E-state index contributed by atoms with van der Waals surface area (Å²) in [6.45, 7) is 5.31. The number of ketones is 1. The van der Waals surface area contributed by atoms with Crippen molar-refractivity contribution in [1.82, 2.24) is 4.98 Å². The molecule has 2 rings (SSSR count). The molecule has 0 unspecified atom stereocenters. The van der Waals surface area contributed by atoms with Crippen LogP contribution in [0.2, 0.25) is 0 Å². The highest BCUT2D eigenvalue weighted by Gasteiger charge is 2.20. The number of aryl methyl sites for hydroxylation is 1. The topological polar surface area (TPSA) is 39.2 Å². The van der Waals surface area contributed by atoms with E-state index < -0.39 is 0 Å². The number of hydrogen-bond acceptors (Lipinski definition) is 4. The van der Waals surface area contributed by atoms with Crippen molar-refractivity contribution in [3.8, 4) is 0 Å². The van der Waals surface area contributed by atoms with Crippen molar-refractivity contribution < 1.29 is 9.53 Å². The molecule has 0 atom stereocenters. The Balaban J connectivity index is 2.12. The number of aromatic nitrogens is 1. The fourth-order valence-corrected chi connectivity index (χ4v) is 3.27. The van der Waals surface area contributed by atoms with Gasteiger partial charge in [-0.1, -0.05) is 0 Å². The van der Waals surface area contributed by atoms with Crippen LogP contribution in [0.4, 0.5) is 0 Å². The maximum atomic E-state index is 11.1. The molecule has 16 heavy (non-hydrogen) atoms. The van der Waals surface area contributed by atoms with E-state index in [1.54, 1.807) is 18.3 Å². The third kappa shape index (κ3) is 2.68. The van der Waals surface area contributed by atoms with Crippen LogP contribution in [-0.4, -0.2) is 24.0 Å². The van der Waals surface area contributed by atoms with Crippen LogP contribution in [-0.2, 0) is 16.0 Å². The normalized spacial score (nSPS) is 17.6. The molecule has 0 bridgehead atoms. The number of carbonyl (C=O) groups is 1. The Morgan fingerprint density at radius 2 is 2.19 bits per heavy atom.